The van der Waals surface area contributed by atoms with Crippen LogP contribution in [0.25, 0.3) is 0 Å². The smallest absolute Gasteiger partial charge is 0.258 e. The van der Waals surface area contributed by atoms with Gasteiger partial charge in [-0.1, -0.05) is 6.92 Å². The Bertz CT molecular complexity index is 262. The van der Waals surface area contributed by atoms with Gasteiger partial charge in [0.15, 0.2) is 0 Å². The van der Waals surface area contributed by atoms with Gasteiger partial charge in [0.05, 0.1) is 12.3 Å². The van der Waals surface area contributed by atoms with Crippen LogP contribution in [0, 0.1) is 0 Å². The number of likely N-dealkylation sites (N-methyl/N-ethyl adjacent to an activating group) is 1. The zero-order valence-electron chi connectivity index (χ0n) is 7.65. The van der Waals surface area contributed by atoms with Gasteiger partial charge in [-0.3, -0.25) is 10.0 Å². The summed E-state index contributed by atoms with van der Waals surface area (Å²) in [5, 5.41) is 8.20. The van der Waals surface area contributed by atoms with Crippen LogP contribution in [0.5, 0.6) is 0 Å². The van der Waals surface area contributed by atoms with Crippen molar-refractivity contribution in [3.63, 3.8) is 0 Å². The van der Waals surface area contributed by atoms with Crippen LogP contribution in [-0.4, -0.2) is 42.7 Å². The largest absolute Gasteiger partial charge is 0.289 e. The number of nitrogens with zero attached hydrogens (tertiary/aromatic N) is 1. The van der Waals surface area contributed by atoms with Crippen molar-refractivity contribution < 1.29 is 18.4 Å². The van der Waals surface area contributed by atoms with E-state index < -0.39 is 15.9 Å². The quantitative estimate of drug-likeness (QED) is 0.457. The zero-order valence-corrected chi connectivity index (χ0v) is 8.47. The van der Waals surface area contributed by atoms with E-state index in [0.29, 0.717) is 0 Å². The van der Waals surface area contributed by atoms with E-state index in [1.807, 2.05) is 0 Å². The van der Waals surface area contributed by atoms with E-state index in [9.17, 15) is 13.2 Å². The fraction of sp³-hybridized carbons (Fsp3) is 0.833. The zero-order chi connectivity index (χ0) is 10.5. The molecule has 0 heterocycles. The number of carbonyl (C=O) groups excluding carboxylic acids is 1. The Balaban J connectivity index is 4.44. The van der Waals surface area contributed by atoms with Crippen LogP contribution < -0.4 is 5.48 Å². The molecule has 0 radical (unpaired) electrons. The molecule has 0 unspecified atom stereocenters. The van der Waals surface area contributed by atoms with Gasteiger partial charge in [0.25, 0.3) is 5.91 Å². The summed E-state index contributed by atoms with van der Waals surface area (Å²) in [6.07, 6.45) is 0. The molecule has 0 atom stereocenters. The van der Waals surface area contributed by atoms with Crippen LogP contribution in [0.1, 0.15) is 13.8 Å². The number of hydrogen-bond acceptors (Lipinski definition) is 4. The van der Waals surface area contributed by atoms with Gasteiger partial charge in [0.1, 0.15) is 0 Å². The topological polar surface area (TPSA) is 86.7 Å². The van der Waals surface area contributed by atoms with Crippen molar-refractivity contribution in [2.45, 2.75) is 13.8 Å². The third kappa shape index (κ3) is 3.71. The third-order valence-corrected chi connectivity index (χ3v) is 3.46. The summed E-state index contributed by atoms with van der Waals surface area (Å²) in [6.45, 7) is 2.99. The monoisotopic (exact) mass is 210 g/mol. The van der Waals surface area contributed by atoms with Crippen molar-refractivity contribution >= 4 is 15.9 Å². The molecule has 0 aromatic carbocycles. The molecule has 13 heavy (non-hydrogen) atoms. The molecule has 0 aliphatic rings. The summed E-state index contributed by atoms with van der Waals surface area (Å²) in [5.41, 5.74) is 1.38. The minimum atomic E-state index is -3.35. The fourth-order valence-corrected chi connectivity index (χ4v) is 1.86. The van der Waals surface area contributed by atoms with Crippen molar-refractivity contribution in [1.29, 1.82) is 0 Å². The lowest BCUT2D eigenvalue weighted by Crippen LogP contribution is -2.40. The average molecular weight is 210 g/mol. The number of amides is 1. The summed E-state index contributed by atoms with van der Waals surface area (Å²) < 4.78 is 23.5. The Morgan fingerprint density at radius 1 is 1.46 bits per heavy atom. The average Bonchev–Trinajstić information content (AvgIpc) is 2.13. The SMILES string of the molecule is CCN(CC(=O)NO)S(=O)(=O)CC. The lowest BCUT2D eigenvalue weighted by molar-refractivity contribution is -0.129. The predicted octanol–water partition coefficient (Wildman–Crippen LogP) is -0.837. The lowest BCUT2D eigenvalue weighted by Gasteiger charge is -2.17. The predicted molar refractivity (Wildman–Crippen MR) is 46.6 cm³/mol. The highest BCUT2D eigenvalue weighted by Gasteiger charge is 2.20. The Morgan fingerprint density at radius 3 is 2.31 bits per heavy atom. The van der Waals surface area contributed by atoms with Crippen molar-refractivity contribution in [3.8, 4) is 0 Å². The van der Waals surface area contributed by atoms with Gasteiger partial charge in [-0.25, -0.2) is 13.9 Å². The summed E-state index contributed by atoms with van der Waals surface area (Å²) in [7, 11) is -3.35. The maximum absolute atomic E-state index is 11.2. The summed E-state index contributed by atoms with van der Waals surface area (Å²) in [5.74, 6) is -0.793. The number of rotatable bonds is 5. The van der Waals surface area contributed by atoms with E-state index in [1.54, 1.807) is 6.92 Å². The summed E-state index contributed by atoms with van der Waals surface area (Å²) in [6, 6.07) is 0. The molecule has 0 aliphatic carbocycles. The van der Waals surface area contributed by atoms with E-state index in [4.69, 9.17) is 5.21 Å². The Kier molecular flexibility index (Phi) is 4.89. The maximum Gasteiger partial charge on any atom is 0.258 e. The molecule has 0 saturated carbocycles. The van der Waals surface area contributed by atoms with E-state index in [2.05, 4.69) is 0 Å². The molecule has 0 fully saturated rings. The van der Waals surface area contributed by atoms with Crippen LogP contribution in [0.4, 0.5) is 0 Å². The molecule has 0 aromatic rings. The standard InChI is InChI=1S/C6H14N2O4S/c1-3-8(5-6(9)7-10)13(11,12)4-2/h10H,3-5H2,1-2H3,(H,7,9). The second kappa shape index (κ2) is 5.15. The molecule has 0 aliphatic heterocycles. The van der Waals surface area contributed by atoms with Gasteiger partial charge in [0.2, 0.25) is 10.0 Å². The maximum atomic E-state index is 11.2. The summed E-state index contributed by atoms with van der Waals surface area (Å²) in [4.78, 5) is 10.7. The molecule has 7 heteroatoms. The highest BCUT2D eigenvalue weighted by molar-refractivity contribution is 7.89. The number of hydrogen-bond donors (Lipinski definition) is 2. The minimum absolute atomic E-state index is 0.0560. The fourth-order valence-electron chi connectivity index (χ4n) is 0.785. The van der Waals surface area contributed by atoms with Crippen molar-refractivity contribution in [2.24, 2.45) is 0 Å². The molecule has 0 rings (SSSR count). The normalized spacial score (nSPS) is 11.7. The summed E-state index contributed by atoms with van der Waals surface area (Å²) >= 11 is 0. The van der Waals surface area contributed by atoms with Gasteiger partial charge in [0, 0.05) is 6.54 Å². The Hall–Kier alpha value is -0.660. The molecule has 0 aromatic heterocycles. The van der Waals surface area contributed by atoms with E-state index in [-0.39, 0.29) is 18.8 Å². The Labute approximate surface area is 77.5 Å². The van der Waals surface area contributed by atoms with Crippen LogP contribution in [0.2, 0.25) is 0 Å². The van der Waals surface area contributed by atoms with Crippen LogP contribution in [0.15, 0.2) is 0 Å². The first-order chi connectivity index (χ1) is 5.97. The molecule has 0 spiro atoms. The second-order valence-electron chi connectivity index (χ2n) is 2.36. The highest BCUT2D eigenvalue weighted by atomic mass is 32.2. The van der Waals surface area contributed by atoms with Crippen LogP contribution >= 0.6 is 0 Å². The first-order valence-electron chi connectivity index (χ1n) is 3.88. The first-order valence-corrected chi connectivity index (χ1v) is 5.49. The van der Waals surface area contributed by atoms with Crippen molar-refractivity contribution in [2.75, 3.05) is 18.8 Å². The molecule has 6 nitrogen and oxygen atoms in total. The molecule has 1 amide bonds. The second-order valence-corrected chi connectivity index (χ2v) is 4.62. The van der Waals surface area contributed by atoms with Gasteiger partial charge < -0.3 is 0 Å². The van der Waals surface area contributed by atoms with Crippen LogP contribution in [-0.2, 0) is 14.8 Å². The molecule has 2 N–H and O–H groups in total. The number of hydroxylamine groups is 1. The highest BCUT2D eigenvalue weighted by Crippen LogP contribution is 1.99. The number of carbonyl (C=O) groups is 1. The van der Waals surface area contributed by atoms with Crippen molar-refractivity contribution in [3.05, 3.63) is 0 Å². The van der Waals surface area contributed by atoms with Gasteiger partial charge in [-0.2, -0.15) is 4.31 Å². The van der Waals surface area contributed by atoms with E-state index in [1.165, 1.54) is 12.4 Å². The number of nitrogens with one attached hydrogen (secondary N) is 1. The lowest BCUT2D eigenvalue weighted by atomic mass is 10.6. The van der Waals surface area contributed by atoms with Gasteiger partial charge in [-0.15, -0.1) is 0 Å². The van der Waals surface area contributed by atoms with Crippen molar-refractivity contribution in [1.82, 2.24) is 9.79 Å². The van der Waals surface area contributed by atoms with E-state index >= 15 is 0 Å². The van der Waals surface area contributed by atoms with Gasteiger partial charge in [-0.05, 0) is 6.92 Å². The molecular formula is C6H14N2O4S. The minimum Gasteiger partial charge on any atom is -0.289 e. The molecule has 0 saturated heterocycles. The first kappa shape index (κ1) is 12.3. The van der Waals surface area contributed by atoms with E-state index in [0.717, 1.165) is 4.31 Å². The number of sulfonamides is 1. The third-order valence-electron chi connectivity index (χ3n) is 1.56. The van der Waals surface area contributed by atoms with Crippen LogP contribution in [0.3, 0.4) is 0 Å². The molecule has 0 bridgehead atoms. The molecule has 78 valence electrons. The Morgan fingerprint density at radius 2 is 2.00 bits per heavy atom. The van der Waals surface area contributed by atoms with Gasteiger partial charge >= 0.3 is 0 Å². The molecular weight excluding hydrogens is 196 g/mol.